The van der Waals surface area contributed by atoms with Gasteiger partial charge in [-0.25, -0.2) is 0 Å². The Morgan fingerprint density at radius 1 is 1.09 bits per heavy atom. The highest BCUT2D eigenvalue weighted by Gasteiger charge is 2.32. The molecule has 0 saturated carbocycles. The van der Waals surface area contributed by atoms with Gasteiger partial charge in [0.1, 0.15) is 30.6 Å². The van der Waals surface area contributed by atoms with Crippen LogP contribution in [-0.4, -0.2) is 30.8 Å². The summed E-state index contributed by atoms with van der Waals surface area (Å²) in [7, 11) is 0. The first-order valence-corrected chi connectivity index (χ1v) is 11.2. The molecule has 0 amide bonds. The summed E-state index contributed by atoms with van der Waals surface area (Å²) >= 11 is 0. The molecule has 2 aliphatic rings. The molecule has 0 bridgehead atoms. The Bertz CT molecular complexity index is 1180. The maximum Gasteiger partial charge on any atom is 0.314 e. The first-order valence-electron chi connectivity index (χ1n) is 11.2. The van der Waals surface area contributed by atoms with Gasteiger partial charge in [-0.1, -0.05) is 25.1 Å². The molecule has 0 aliphatic carbocycles. The highest BCUT2D eigenvalue weighted by Crippen LogP contribution is 2.44. The number of carbonyl (C=O) groups is 1. The quantitative estimate of drug-likeness (QED) is 0.444. The molecule has 7 heteroatoms. The summed E-state index contributed by atoms with van der Waals surface area (Å²) in [6.07, 6.45) is 0.988. The van der Waals surface area contributed by atoms with E-state index in [2.05, 4.69) is 35.3 Å². The Kier molecular flexibility index (Phi) is 5.46. The normalized spacial score (nSPS) is 18.1. The summed E-state index contributed by atoms with van der Waals surface area (Å²) in [6.45, 7) is 3.69. The predicted octanol–water partition coefficient (Wildman–Crippen LogP) is 4.92. The van der Waals surface area contributed by atoms with E-state index in [1.165, 1.54) is 0 Å². The Hall–Kier alpha value is -3.87. The third-order valence-electron chi connectivity index (χ3n) is 6.17. The van der Waals surface area contributed by atoms with Crippen molar-refractivity contribution in [1.82, 2.24) is 0 Å². The van der Waals surface area contributed by atoms with Crippen LogP contribution in [0.4, 0.5) is 22.7 Å². The number of anilines is 4. The van der Waals surface area contributed by atoms with Crippen molar-refractivity contribution >= 4 is 28.7 Å². The minimum atomic E-state index is -0.863. The molecular weight excluding hydrogens is 418 g/mol. The molecule has 2 heterocycles. The number of nitrogens with zero attached hydrogens (tertiary/aromatic N) is 1. The van der Waals surface area contributed by atoms with Gasteiger partial charge in [0.05, 0.1) is 11.7 Å². The summed E-state index contributed by atoms with van der Waals surface area (Å²) < 4.78 is 11.8. The minimum absolute atomic E-state index is 0.0235. The van der Waals surface area contributed by atoms with Crippen LogP contribution in [0.25, 0.3) is 0 Å². The lowest BCUT2D eigenvalue weighted by Gasteiger charge is -2.26. The smallest absolute Gasteiger partial charge is 0.314 e. The zero-order valence-electron chi connectivity index (χ0n) is 18.5. The Balaban J connectivity index is 1.41. The van der Waals surface area contributed by atoms with E-state index in [-0.39, 0.29) is 12.6 Å². The van der Waals surface area contributed by atoms with Gasteiger partial charge >= 0.3 is 5.97 Å². The molecule has 2 aliphatic heterocycles. The second-order valence-electron chi connectivity index (χ2n) is 8.40. The van der Waals surface area contributed by atoms with Crippen LogP contribution in [0.5, 0.6) is 11.5 Å². The van der Waals surface area contributed by atoms with Gasteiger partial charge < -0.3 is 30.5 Å². The zero-order chi connectivity index (χ0) is 22.9. The molecular formula is C26H27N3O4. The number of para-hydroxylation sites is 1. The summed E-state index contributed by atoms with van der Waals surface area (Å²) in [4.78, 5) is 13.7. The van der Waals surface area contributed by atoms with Gasteiger partial charge in [-0.15, -0.1) is 0 Å². The van der Waals surface area contributed by atoms with E-state index < -0.39 is 11.9 Å². The monoisotopic (exact) mass is 445 g/mol. The second-order valence-corrected chi connectivity index (χ2v) is 8.40. The van der Waals surface area contributed by atoms with Gasteiger partial charge in [-0.2, -0.15) is 0 Å². The van der Waals surface area contributed by atoms with Crippen LogP contribution < -0.4 is 25.4 Å². The van der Waals surface area contributed by atoms with Crippen molar-refractivity contribution in [1.29, 1.82) is 0 Å². The van der Waals surface area contributed by atoms with Gasteiger partial charge in [0.2, 0.25) is 0 Å². The first kappa shape index (κ1) is 21.0. The Morgan fingerprint density at radius 3 is 2.67 bits per heavy atom. The molecule has 2 unspecified atom stereocenters. The lowest BCUT2D eigenvalue weighted by Crippen LogP contribution is -2.18. The van der Waals surface area contributed by atoms with Gasteiger partial charge in [0, 0.05) is 40.8 Å². The number of nitrogens with two attached hydrogens (primary N) is 1. The first-order chi connectivity index (χ1) is 16.0. The molecule has 0 saturated heterocycles. The van der Waals surface area contributed by atoms with E-state index in [0.29, 0.717) is 12.4 Å². The summed E-state index contributed by atoms with van der Waals surface area (Å²) in [5.74, 6) is 0.0317. The fourth-order valence-electron chi connectivity index (χ4n) is 4.53. The molecule has 3 aromatic rings. The van der Waals surface area contributed by atoms with Crippen molar-refractivity contribution in [3.05, 3.63) is 71.8 Å². The topological polar surface area (TPSA) is 97.0 Å². The number of benzene rings is 3. The molecule has 3 aromatic carbocycles. The van der Waals surface area contributed by atoms with Crippen LogP contribution in [0.2, 0.25) is 0 Å². The number of hydrogen-bond acceptors (Lipinski definition) is 6. The molecule has 0 spiro atoms. The lowest BCUT2D eigenvalue weighted by atomic mass is 10.0. The van der Waals surface area contributed by atoms with Crippen molar-refractivity contribution in [3.63, 3.8) is 0 Å². The van der Waals surface area contributed by atoms with Crippen LogP contribution in [0.3, 0.4) is 0 Å². The third kappa shape index (κ3) is 3.91. The molecule has 2 atom stereocenters. The second kappa shape index (κ2) is 8.58. The third-order valence-corrected chi connectivity index (χ3v) is 6.17. The van der Waals surface area contributed by atoms with Gasteiger partial charge in [0.25, 0.3) is 0 Å². The van der Waals surface area contributed by atoms with Gasteiger partial charge in [-0.05, 0) is 42.8 Å². The van der Waals surface area contributed by atoms with Crippen molar-refractivity contribution in [2.75, 3.05) is 35.7 Å². The fraction of sp³-hybridized carbons (Fsp3) is 0.269. The lowest BCUT2D eigenvalue weighted by molar-refractivity contribution is -0.138. The number of hydrogen-bond donors (Lipinski definition) is 3. The van der Waals surface area contributed by atoms with Gasteiger partial charge in [0.15, 0.2) is 0 Å². The molecule has 33 heavy (non-hydrogen) atoms. The molecule has 0 aromatic heterocycles. The van der Waals surface area contributed by atoms with Crippen molar-refractivity contribution in [2.45, 2.75) is 25.3 Å². The number of carboxylic acids is 1. The van der Waals surface area contributed by atoms with Crippen LogP contribution in [-0.2, 0) is 4.79 Å². The maximum absolute atomic E-state index is 11.4. The molecule has 5 rings (SSSR count). The largest absolute Gasteiger partial charge is 0.492 e. The van der Waals surface area contributed by atoms with E-state index in [9.17, 15) is 9.90 Å². The fourth-order valence-corrected chi connectivity index (χ4v) is 4.53. The highest BCUT2D eigenvalue weighted by atomic mass is 16.5. The summed E-state index contributed by atoms with van der Waals surface area (Å²) in [5.41, 5.74) is 11.4. The predicted molar refractivity (Wildman–Crippen MR) is 129 cm³/mol. The van der Waals surface area contributed by atoms with E-state index >= 15 is 0 Å². The minimum Gasteiger partial charge on any atom is -0.492 e. The maximum atomic E-state index is 11.4. The number of ether oxygens (including phenoxy) is 2. The number of rotatable bonds is 7. The van der Waals surface area contributed by atoms with Crippen molar-refractivity contribution < 1.29 is 19.4 Å². The van der Waals surface area contributed by atoms with E-state index in [1.807, 2.05) is 42.5 Å². The average Bonchev–Trinajstić information content (AvgIpc) is 3.42. The average molecular weight is 446 g/mol. The van der Waals surface area contributed by atoms with Crippen molar-refractivity contribution in [3.8, 4) is 11.5 Å². The van der Waals surface area contributed by atoms with E-state index in [1.54, 1.807) is 0 Å². The number of aliphatic carboxylic acids is 1. The number of nitrogens with one attached hydrogen (secondary N) is 1. The number of fused-ring (bicyclic) bond motifs is 2. The van der Waals surface area contributed by atoms with Crippen molar-refractivity contribution in [2.24, 2.45) is 0 Å². The zero-order valence-corrected chi connectivity index (χ0v) is 18.5. The van der Waals surface area contributed by atoms with E-state index in [0.717, 1.165) is 52.6 Å². The molecule has 0 fully saturated rings. The molecule has 7 nitrogen and oxygen atoms in total. The molecule has 170 valence electrons. The van der Waals surface area contributed by atoms with Crippen LogP contribution in [0, 0.1) is 0 Å². The Labute approximate surface area is 192 Å². The van der Waals surface area contributed by atoms with Crippen LogP contribution in [0.1, 0.15) is 36.4 Å². The standard InChI is InChI=1S/C26H27N3O4/c1-2-12-29(18-9-6-16(27)7-10-18)23-5-3-4-20-22(15-33-25(20)23)28-17-8-11-19-21(26(30)31)14-32-24(19)13-17/h3-11,13,21-22,28H,2,12,14-15,27H2,1H3,(H,30,31). The molecule has 4 N–H and O–H groups in total. The SMILES string of the molecule is CCCN(c1ccc(N)cc1)c1cccc2c1OCC2Nc1ccc2c(c1)OCC2C(=O)O. The Morgan fingerprint density at radius 2 is 1.91 bits per heavy atom. The van der Waals surface area contributed by atoms with Gasteiger partial charge in [-0.3, -0.25) is 4.79 Å². The number of nitrogen functional groups attached to an aromatic ring is 1. The summed E-state index contributed by atoms with van der Waals surface area (Å²) in [5, 5.41) is 12.9. The van der Waals surface area contributed by atoms with Crippen LogP contribution >= 0.6 is 0 Å². The summed E-state index contributed by atoms with van der Waals surface area (Å²) in [6, 6.07) is 19.7. The highest BCUT2D eigenvalue weighted by molar-refractivity contribution is 5.79. The van der Waals surface area contributed by atoms with Crippen LogP contribution in [0.15, 0.2) is 60.7 Å². The van der Waals surface area contributed by atoms with E-state index in [4.69, 9.17) is 15.2 Å². The molecule has 0 radical (unpaired) electrons. The number of carboxylic acid groups (broad SMARTS) is 1.